The normalized spacial score (nSPS) is 11.7. The standard InChI is InChI=1S/C5H6F3N3OS/c6-5(7,8)3-10-4(13-11-3)9-1-2-12/h12H,1-2H2,(H,9,10,11). The van der Waals surface area contributed by atoms with Gasteiger partial charge in [-0.05, 0) is 0 Å². The number of nitrogens with one attached hydrogen (secondary N) is 1. The summed E-state index contributed by atoms with van der Waals surface area (Å²) < 4.78 is 38.9. The third kappa shape index (κ3) is 2.81. The van der Waals surface area contributed by atoms with E-state index in [-0.39, 0.29) is 18.3 Å². The smallest absolute Gasteiger partial charge is 0.395 e. The lowest BCUT2D eigenvalue weighted by atomic mass is 10.6. The first kappa shape index (κ1) is 10.2. The lowest BCUT2D eigenvalue weighted by molar-refractivity contribution is -0.144. The molecular formula is C5H6F3N3OS. The third-order valence-electron chi connectivity index (χ3n) is 1.07. The lowest BCUT2D eigenvalue weighted by Crippen LogP contribution is -2.09. The summed E-state index contributed by atoms with van der Waals surface area (Å²) in [5.74, 6) is -1.15. The van der Waals surface area contributed by atoms with Gasteiger partial charge in [0.2, 0.25) is 11.0 Å². The van der Waals surface area contributed by atoms with E-state index in [1.54, 1.807) is 0 Å². The maximum Gasteiger partial charge on any atom is 0.452 e. The quantitative estimate of drug-likeness (QED) is 0.785. The number of halogens is 3. The highest BCUT2D eigenvalue weighted by molar-refractivity contribution is 7.09. The fraction of sp³-hybridized carbons (Fsp3) is 0.600. The maximum absolute atomic E-state index is 11.9. The van der Waals surface area contributed by atoms with Crippen molar-refractivity contribution in [1.82, 2.24) is 9.36 Å². The molecule has 0 unspecified atom stereocenters. The van der Waals surface area contributed by atoms with Crippen LogP contribution in [0.15, 0.2) is 0 Å². The molecule has 0 bridgehead atoms. The van der Waals surface area contributed by atoms with Gasteiger partial charge in [0.05, 0.1) is 6.61 Å². The van der Waals surface area contributed by atoms with Gasteiger partial charge in [0.25, 0.3) is 0 Å². The van der Waals surface area contributed by atoms with Crippen molar-refractivity contribution in [1.29, 1.82) is 0 Å². The summed E-state index contributed by atoms with van der Waals surface area (Å²) >= 11 is 0.613. The van der Waals surface area contributed by atoms with Crippen LogP contribution < -0.4 is 5.32 Å². The summed E-state index contributed by atoms with van der Waals surface area (Å²) in [5.41, 5.74) is 0. The van der Waals surface area contributed by atoms with Gasteiger partial charge in [-0.1, -0.05) is 0 Å². The molecule has 0 aliphatic rings. The summed E-state index contributed by atoms with van der Waals surface area (Å²) in [7, 11) is 0. The number of hydrogen-bond donors (Lipinski definition) is 2. The zero-order chi connectivity index (χ0) is 9.90. The van der Waals surface area contributed by atoms with Crippen molar-refractivity contribution in [2.75, 3.05) is 18.5 Å². The molecule has 0 aliphatic carbocycles. The van der Waals surface area contributed by atoms with E-state index in [2.05, 4.69) is 14.7 Å². The first-order valence-electron chi connectivity index (χ1n) is 3.29. The highest BCUT2D eigenvalue weighted by Gasteiger charge is 2.35. The van der Waals surface area contributed by atoms with E-state index >= 15 is 0 Å². The van der Waals surface area contributed by atoms with E-state index in [0.29, 0.717) is 11.5 Å². The van der Waals surface area contributed by atoms with Crippen LogP contribution >= 0.6 is 11.5 Å². The van der Waals surface area contributed by atoms with E-state index in [1.807, 2.05) is 0 Å². The molecule has 0 saturated carbocycles. The molecule has 0 aromatic carbocycles. The van der Waals surface area contributed by atoms with E-state index < -0.39 is 12.0 Å². The van der Waals surface area contributed by atoms with Gasteiger partial charge in [-0.25, -0.2) is 0 Å². The molecule has 2 N–H and O–H groups in total. The van der Waals surface area contributed by atoms with Crippen LogP contribution in [0.5, 0.6) is 0 Å². The van der Waals surface area contributed by atoms with Crippen molar-refractivity contribution in [2.24, 2.45) is 0 Å². The lowest BCUT2D eigenvalue weighted by Gasteiger charge is -1.98. The Kier molecular flexibility index (Phi) is 3.04. The number of aromatic nitrogens is 2. The molecule has 0 saturated heterocycles. The van der Waals surface area contributed by atoms with Gasteiger partial charge in [-0.15, -0.1) is 0 Å². The highest BCUT2D eigenvalue weighted by atomic mass is 32.1. The van der Waals surface area contributed by atoms with Crippen LogP contribution in [-0.4, -0.2) is 27.6 Å². The van der Waals surface area contributed by atoms with Gasteiger partial charge in [-0.3, -0.25) is 0 Å². The maximum atomic E-state index is 11.9. The Morgan fingerprint density at radius 2 is 2.15 bits per heavy atom. The summed E-state index contributed by atoms with van der Waals surface area (Å²) in [6.07, 6.45) is -4.50. The molecule has 1 aromatic heterocycles. The molecular weight excluding hydrogens is 207 g/mol. The van der Waals surface area contributed by atoms with Crippen molar-refractivity contribution >= 4 is 16.7 Å². The summed E-state index contributed by atoms with van der Waals surface area (Å²) in [5, 5.41) is 10.9. The van der Waals surface area contributed by atoms with Gasteiger partial charge in [0.15, 0.2) is 0 Å². The molecule has 0 atom stereocenters. The van der Waals surface area contributed by atoms with Crippen molar-refractivity contribution in [3.8, 4) is 0 Å². The van der Waals surface area contributed by atoms with E-state index in [0.717, 1.165) is 0 Å². The van der Waals surface area contributed by atoms with Crippen LogP contribution in [0.2, 0.25) is 0 Å². The molecule has 1 rings (SSSR count). The van der Waals surface area contributed by atoms with Gasteiger partial charge < -0.3 is 10.4 Å². The number of hydrogen-bond acceptors (Lipinski definition) is 5. The number of aliphatic hydroxyl groups excluding tert-OH is 1. The number of nitrogens with zero attached hydrogens (tertiary/aromatic N) is 2. The van der Waals surface area contributed by atoms with Gasteiger partial charge in [0.1, 0.15) is 0 Å². The Hall–Kier alpha value is -0.890. The Balaban J connectivity index is 2.64. The molecule has 74 valence electrons. The topological polar surface area (TPSA) is 58.0 Å². The van der Waals surface area contributed by atoms with Crippen molar-refractivity contribution in [3.05, 3.63) is 5.82 Å². The van der Waals surface area contributed by atoms with Crippen molar-refractivity contribution in [3.63, 3.8) is 0 Å². The van der Waals surface area contributed by atoms with Gasteiger partial charge in [-0.2, -0.15) is 22.5 Å². The Bertz CT molecular complexity index is 274. The minimum absolute atomic E-state index is 0.0568. The molecule has 4 nitrogen and oxygen atoms in total. The van der Waals surface area contributed by atoms with E-state index in [1.165, 1.54) is 0 Å². The minimum atomic E-state index is -4.50. The molecule has 0 fully saturated rings. The van der Waals surface area contributed by atoms with E-state index in [4.69, 9.17) is 5.11 Å². The van der Waals surface area contributed by atoms with Crippen LogP contribution in [0.1, 0.15) is 5.82 Å². The zero-order valence-electron chi connectivity index (χ0n) is 6.30. The second-order valence-electron chi connectivity index (χ2n) is 2.07. The number of aliphatic hydroxyl groups is 1. The molecule has 13 heavy (non-hydrogen) atoms. The van der Waals surface area contributed by atoms with Crippen molar-refractivity contribution < 1.29 is 18.3 Å². The summed E-state index contributed by atoms with van der Waals surface area (Å²) in [6, 6.07) is 0. The Morgan fingerprint density at radius 3 is 2.62 bits per heavy atom. The molecule has 8 heteroatoms. The zero-order valence-corrected chi connectivity index (χ0v) is 7.11. The minimum Gasteiger partial charge on any atom is -0.395 e. The average molecular weight is 213 g/mol. The van der Waals surface area contributed by atoms with E-state index in [9.17, 15) is 13.2 Å². The molecule has 0 aliphatic heterocycles. The molecule has 0 amide bonds. The second-order valence-corrected chi connectivity index (χ2v) is 2.82. The number of alkyl halides is 3. The summed E-state index contributed by atoms with van der Waals surface area (Å²) in [4.78, 5) is 3.18. The van der Waals surface area contributed by atoms with Crippen LogP contribution in [0.25, 0.3) is 0 Å². The highest BCUT2D eigenvalue weighted by Crippen LogP contribution is 2.28. The monoisotopic (exact) mass is 213 g/mol. The molecule has 1 heterocycles. The summed E-state index contributed by atoms with van der Waals surface area (Å²) in [6.45, 7) is -0.00653. The van der Waals surface area contributed by atoms with Crippen LogP contribution in [0, 0.1) is 0 Å². The molecule has 1 aromatic rings. The molecule has 0 spiro atoms. The van der Waals surface area contributed by atoms with Gasteiger partial charge in [0, 0.05) is 18.1 Å². The van der Waals surface area contributed by atoms with Crippen LogP contribution in [0.3, 0.4) is 0 Å². The average Bonchev–Trinajstić information content (AvgIpc) is 2.47. The fourth-order valence-corrected chi connectivity index (χ4v) is 1.18. The number of rotatable bonds is 3. The largest absolute Gasteiger partial charge is 0.452 e. The number of anilines is 1. The van der Waals surface area contributed by atoms with Crippen molar-refractivity contribution in [2.45, 2.75) is 6.18 Å². The molecule has 0 radical (unpaired) electrons. The predicted octanol–water partition coefficient (Wildman–Crippen LogP) is 0.961. The Labute approximate surface area is 75.6 Å². The Morgan fingerprint density at radius 1 is 1.46 bits per heavy atom. The fourth-order valence-electron chi connectivity index (χ4n) is 0.573. The van der Waals surface area contributed by atoms with Crippen LogP contribution in [0.4, 0.5) is 18.3 Å². The first-order chi connectivity index (χ1) is 6.04. The van der Waals surface area contributed by atoms with Gasteiger partial charge >= 0.3 is 6.18 Å². The second kappa shape index (κ2) is 3.88. The first-order valence-corrected chi connectivity index (χ1v) is 4.07. The SMILES string of the molecule is OCCNc1nc(C(F)(F)F)ns1. The predicted molar refractivity (Wildman–Crippen MR) is 40.5 cm³/mol. The van der Waals surface area contributed by atoms with Crippen LogP contribution in [-0.2, 0) is 6.18 Å². The third-order valence-corrected chi connectivity index (χ3v) is 1.74.